The van der Waals surface area contributed by atoms with E-state index in [1.807, 2.05) is 31.7 Å². The van der Waals surface area contributed by atoms with Crippen molar-refractivity contribution < 1.29 is 13.6 Å². The van der Waals surface area contributed by atoms with E-state index in [-0.39, 0.29) is 33.1 Å². The summed E-state index contributed by atoms with van der Waals surface area (Å²) in [4.78, 5) is 16.0. The minimum absolute atomic E-state index is 0.0479. The van der Waals surface area contributed by atoms with Gasteiger partial charge in [-0.15, -0.1) is 0 Å². The lowest BCUT2D eigenvalue weighted by Gasteiger charge is -2.37. The van der Waals surface area contributed by atoms with Crippen LogP contribution in [0.5, 0.6) is 0 Å². The molecular weight excluding hydrogens is 515 g/mol. The van der Waals surface area contributed by atoms with Crippen molar-refractivity contribution in [3.63, 3.8) is 0 Å². The fourth-order valence-electron chi connectivity index (χ4n) is 6.04. The van der Waals surface area contributed by atoms with Crippen LogP contribution in [0.2, 0.25) is 10.0 Å². The molecule has 0 spiro atoms. The van der Waals surface area contributed by atoms with E-state index in [1.54, 1.807) is 24.3 Å². The number of nitrogens with zero attached hydrogens (tertiary/aromatic N) is 1. The highest BCUT2D eigenvalue weighted by Gasteiger charge is 2.60. The summed E-state index contributed by atoms with van der Waals surface area (Å²) in [6.45, 7) is 6.22. The van der Waals surface area contributed by atoms with Gasteiger partial charge in [0.1, 0.15) is 11.6 Å². The molecule has 0 bridgehead atoms. The lowest BCUT2D eigenvalue weighted by Crippen LogP contribution is -2.51. The number of carbonyl (C=O) groups is 1. The molecule has 37 heavy (non-hydrogen) atoms. The number of likely N-dealkylation sites (tertiary alicyclic amines) is 1. The minimum Gasteiger partial charge on any atom is -0.352 e. The second-order valence-electron chi connectivity index (χ2n) is 10.6. The molecule has 2 aromatic rings. The lowest BCUT2D eigenvalue weighted by atomic mass is 9.71. The van der Waals surface area contributed by atoms with Gasteiger partial charge in [0.05, 0.1) is 16.6 Å². The van der Waals surface area contributed by atoms with Crippen molar-refractivity contribution in [2.24, 2.45) is 5.73 Å². The summed E-state index contributed by atoms with van der Waals surface area (Å²) in [6.07, 6.45) is 7.06. The van der Waals surface area contributed by atoms with Gasteiger partial charge >= 0.3 is 0 Å². The summed E-state index contributed by atoms with van der Waals surface area (Å²) in [5.74, 6) is -2.38. The maximum absolute atomic E-state index is 15.7. The standard InChI is InChI=1S/C29H35Cl2F2N3O/c1-17(2)14-15-36-18(3)29(34,22-13-12-19(30)16-24(22)32)25(21-10-7-11-23(31)26(21)33)27(36)28(37)35-20-8-5-4-6-9-20/h7,10-14,16,18,20,25,27H,4-6,8-9,15,34H2,1-3H3,(H,35,37). The van der Waals surface area contributed by atoms with Gasteiger partial charge < -0.3 is 11.1 Å². The monoisotopic (exact) mass is 549 g/mol. The second kappa shape index (κ2) is 11.4. The van der Waals surface area contributed by atoms with Crippen LogP contribution in [0.4, 0.5) is 8.78 Å². The van der Waals surface area contributed by atoms with Gasteiger partial charge in [0.2, 0.25) is 5.91 Å². The predicted molar refractivity (Wildman–Crippen MR) is 146 cm³/mol. The molecule has 2 aromatic carbocycles. The molecule has 2 fully saturated rings. The smallest absolute Gasteiger partial charge is 0.238 e. The second-order valence-corrected chi connectivity index (χ2v) is 11.5. The molecule has 4 unspecified atom stereocenters. The zero-order chi connectivity index (χ0) is 26.9. The molecular formula is C29H35Cl2F2N3O. The number of rotatable bonds is 6. The van der Waals surface area contributed by atoms with Crippen molar-refractivity contribution in [3.05, 3.63) is 80.9 Å². The van der Waals surface area contributed by atoms with Crippen molar-refractivity contribution >= 4 is 29.1 Å². The first kappa shape index (κ1) is 28.0. The molecule has 4 nitrogen and oxygen atoms in total. The van der Waals surface area contributed by atoms with Gasteiger partial charge in [-0.1, -0.05) is 72.3 Å². The van der Waals surface area contributed by atoms with Gasteiger partial charge in [-0.05, 0) is 57.4 Å². The minimum atomic E-state index is -1.45. The van der Waals surface area contributed by atoms with E-state index in [0.29, 0.717) is 6.54 Å². The molecule has 1 aliphatic carbocycles. The van der Waals surface area contributed by atoms with Crippen molar-refractivity contribution in [3.8, 4) is 0 Å². The molecule has 1 aliphatic heterocycles. The highest BCUT2D eigenvalue weighted by atomic mass is 35.5. The summed E-state index contributed by atoms with van der Waals surface area (Å²) < 4.78 is 31.2. The number of nitrogens with two attached hydrogens (primary N) is 1. The van der Waals surface area contributed by atoms with Crippen LogP contribution in [-0.4, -0.2) is 35.5 Å². The Kier molecular flexibility index (Phi) is 8.64. The molecule has 0 radical (unpaired) electrons. The topological polar surface area (TPSA) is 58.4 Å². The number of hydrogen-bond donors (Lipinski definition) is 2. The van der Waals surface area contributed by atoms with Crippen LogP contribution < -0.4 is 11.1 Å². The van der Waals surface area contributed by atoms with E-state index >= 15 is 8.78 Å². The van der Waals surface area contributed by atoms with Crippen LogP contribution in [0.1, 0.15) is 69.9 Å². The molecule has 200 valence electrons. The number of carbonyl (C=O) groups excluding carboxylic acids is 1. The Morgan fingerprint density at radius 2 is 1.86 bits per heavy atom. The van der Waals surface area contributed by atoms with Gasteiger partial charge in [-0.2, -0.15) is 0 Å². The average molecular weight is 551 g/mol. The van der Waals surface area contributed by atoms with E-state index in [1.165, 1.54) is 12.1 Å². The zero-order valence-electron chi connectivity index (χ0n) is 21.5. The van der Waals surface area contributed by atoms with Gasteiger partial charge in [-0.3, -0.25) is 9.69 Å². The molecule has 1 amide bonds. The molecule has 4 atom stereocenters. The van der Waals surface area contributed by atoms with E-state index < -0.39 is 35.2 Å². The van der Waals surface area contributed by atoms with Crippen LogP contribution in [0, 0.1) is 11.6 Å². The fourth-order valence-corrected chi connectivity index (χ4v) is 6.38. The van der Waals surface area contributed by atoms with Gasteiger partial charge in [-0.25, -0.2) is 8.78 Å². The third-order valence-electron chi connectivity index (χ3n) is 8.02. The summed E-state index contributed by atoms with van der Waals surface area (Å²) >= 11 is 12.3. The number of hydrogen-bond acceptors (Lipinski definition) is 3. The SMILES string of the molecule is CC(C)=CCN1C(C(=O)NC2CCCCC2)C(c2cccc(Cl)c2F)C(N)(c2ccc(Cl)cc2F)C1C. The summed E-state index contributed by atoms with van der Waals surface area (Å²) in [5, 5.41) is 3.38. The Morgan fingerprint density at radius 1 is 1.16 bits per heavy atom. The Bertz CT molecular complexity index is 1180. The summed E-state index contributed by atoms with van der Waals surface area (Å²) in [5.41, 5.74) is 7.18. The van der Waals surface area contributed by atoms with Crippen molar-refractivity contribution in [1.29, 1.82) is 0 Å². The number of halogens is 4. The first-order valence-corrected chi connectivity index (χ1v) is 13.7. The molecule has 1 saturated carbocycles. The third-order valence-corrected chi connectivity index (χ3v) is 8.55. The Morgan fingerprint density at radius 3 is 2.51 bits per heavy atom. The first-order valence-electron chi connectivity index (χ1n) is 12.9. The maximum atomic E-state index is 15.7. The molecule has 8 heteroatoms. The van der Waals surface area contributed by atoms with Crippen molar-refractivity contribution in [2.75, 3.05) is 6.54 Å². The third kappa shape index (κ3) is 5.44. The normalized spacial score (nSPS) is 26.8. The van der Waals surface area contributed by atoms with Crippen LogP contribution >= 0.6 is 23.2 Å². The number of benzene rings is 2. The predicted octanol–water partition coefficient (Wildman–Crippen LogP) is 6.70. The van der Waals surface area contributed by atoms with E-state index in [4.69, 9.17) is 28.9 Å². The molecule has 1 heterocycles. The summed E-state index contributed by atoms with van der Waals surface area (Å²) in [6, 6.07) is 7.69. The van der Waals surface area contributed by atoms with Crippen LogP contribution in [0.3, 0.4) is 0 Å². The number of nitrogens with one attached hydrogen (secondary N) is 1. The Labute approximate surface area is 228 Å². The quantitative estimate of drug-likeness (QED) is 0.394. The highest BCUT2D eigenvalue weighted by molar-refractivity contribution is 6.31. The Hall–Kier alpha value is -1.99. The lowest BCUT2D eigenvalue weighted by molar-refractivity contribution is -0.127. The van der Waals surface area contributed by atoms with E-state index in [2.05, 4.69) is 5.32 Å². The van der Waals surface area contributed by atoms with Crippen molar-refractivity contribution in [2.45, 2.75) is 82.5 Å². The van der Waals surface area contributed by atoms with Crippen molar-refractivity contribution in [1.82, 2.24) is 10.2 Å². The molecule has 3 N–H and O–H groups in total. The molecule has 1 saturated heterocycles. The average Bonchev–Trinajstić information content (AvgIpc) is 3.07. The number of amides is 1. The Balaban J connectivity index is 1.91. The van der Waals surface area contributed by atoms with Crippen LogP contribution in [-0.2, 0) is 10.3 Å². The molecule has 0 aromatic heterocycles. The zero-order valence-corrected chi connectivity index (χ0v) is 23.1. The fraction of sp³-hybridized carbons (Fsp3) is 0.483. The highest BCUT2D eigenvalue weighted by Crippen LogP contribution is 2.51. The van der Waals surface area contributed by atoms with Crippen LogP contribution in [0.15, 0.2) is 48.0 Å². The molecule has 2 aliphatic rings. The number of allylic oxidation sites excluding steroid dienone is 1. The first-order chi connectivity index (χ1) is 17.6. The molecule has 4 rings (SSSR count). The van der Waals surface area contributed by atoms with E-state index in [0.717, 1.165) is 37.7 Å². The van der Waals surface area contributed by atoms with E-state index in [9.17, 15) is 4.79 Å². The van der Waals surface area contributed by atoms with Gasteiger partial charge in [0, 0.05) is 35.1 Å². The maximum Gasteiger partial charge on any atom is 0.238 e. The summed E-state index contributed by atoms with van der Waals surface area (Å²) in [7, 11) is 0. The van der Waals surface area contributed by atoms with Crippen LogP contribution in [0.25, 0.3) is 0 Å². The van der Waals surface area contributed by atoms with Gasteiger partial charge in [0.15, 0.2) is 0 Å². The van der Waals surface area contributed by atoms with Gasteiger partial charge in [0.25, 0.3) is 0 Å². The largest absolute Gasteiger partial charge is 0.352 e.